The number of benzene rings is 2. The average Bonchev–Trinajstić information content (AvgIpc) is 3.14. The number of aromatic nitrogens is 3. The lowest BCUT2D eigenvalue weighted by atomic mass is 9.91. The number of halogens is 3. The number of nitrogens with zero attached hydrogens (tertiary/aromatic N) is 2. The van der Waals surface area contributed by atoms with E-state index in [1.165, 1.54) is 23.1 Å². The maximum atomic E-state index is 14.5. The fourth-order valence-corrected chi connectivity index (χ4v) is 3.44. The molecule has 1 aliphatic heterocycles. The Labute approximate surface area is 152 Å². The van der Waals surface area contributed by atoms with Gasteiger partial charge in [-0.05, 0) is 24.4 Å². The molecule has 3 aromatic rings. The second-order valence-electron chi connectivity index (χ2n) is 5.78. The van der Waals surface area contributed by atoms with Crippen LogP contribution in [0.2, 0.25) is 5.02 Å². The van der Waals surface area contributed by atoms with Gasteiger partial charge < -0.3 is 9.72 Å². The van der Waals surface area contributed by atoms with E-state index in [0.29, 0.717) is 9.79 Å². The number of nitrogens with one attached hydrogen (secondary N) is 1. The highest BCUT2D eigenvalue weighted by Crippen LogP contribution is 2.59. The van der Waals surface area contributed by atoms with Crippen molar-refractivity contribution in [3.63, 3.8) is 0 Å². The molecule has 2 unspecified atom stereocenters. The van der Waals surface area contributed by atoms with Crippen LogP contribution >= 0.6 is 23.8 Å². The van der Waals surface area contributed by atoms with E-state index in [2.05, 4.69) is 10.1 Å². The molecule has 1 saturated heterocycles. The Morgan fingerprint density at radius 2 is 2.08 bits per heavy atom. The molecule has 4 rings (SSSR count). The first kappa shape index (κ1) is 16.4. The zero-order chi connectivity index (χ0) is 17.6. The molecule has 0 spiro atoms. The van der Waals surface area contributed by atoms with Gasteiger partial charge in [-0.1, -0.05) is 35.9 Å². The minimum absolute atomic E-state index is 0.174. The van der Waals surface area contributed by atoms with Crippen molar-refractivity contribution in [1.82, 2.24) is 14.8 Å². The predicted octanol–water partition coefficient (Wildman–Crippen LogP) is 4.54. The van der Waals surface area contributed by atoms with E-state index in [1.807, 2.05) is 12.1 Å². The summed E-state index contributed by atoms with van der Waals surface area (Å²) in [5, 5.41) is 4.63. The molecule has 8 heteroatoms. The first-order valence-electron chi connectivity index (χ1n) is 7.49. The van der Waals surface area contributed by atoms with Crippen molar-refractivity contribution in [2.45, 2.75) is 18.2 Å². The van der Waals surface area contributed by atoms with Crippen molar-refractivity contribution >= 4 is 23.8 Å². The van der Waals surface area contributed by atoms with Crippen LogP contribution in [0.3, 0.4) is 0 Å². The molecule has 1 aromatic heterocycles. The third-order valence-electron chi connectivity index (χ3n) is 4.27. The molecular formula is C17H12ClF2N3OS. The molecule has 1 N–H and O–H groups in total. The number of hydrogen-bond donors (Lipinski definition) is 1. The summed E-state index contributed by atoms with van der Waals surface area (Å²) in [4.78, 5) is 2.79. The lowest BCUT2D eigenvalue weighted by Gasteiger charge is -2.15. The van der Waals surface area contributed by atoms with Crippen LogP contribution in [0, 0.1) is 16.4 Å². The molecule has 1 aliphatic rings. The molecule has 2 aromatic carbocycles. The van der Waals surface area contributed by atoms with E-state index in [-0.39, 0.29) is 12.1 Å². The average molecular weight is 380 g/mol. The smallest absolute Gasteiger partial charge is 0.195 e. The van der Waals surface area contributed by atoms with Crippen molar-refractivity contribution in [3.8, 4) is 0 Å². The second-order valence-corrected chi connectivity index (χ2v) is 6.58. The molecule has 2 heterocycles. The Balaban J connectivity index is 1.82. The van der Waals surface area contributed by atoms with Crippen molar-refractivity contribution < 1.29 is 13.5 Å². The van der Waals surface area contributed by atoms with Gasteiger partial charge >= 0.3 is 0 Å². The number of aromatic amines is 1. The minimum Gasteiger partial charge on any atom is -0.354 e. The van der Waals surface area contributed by atoms with Crippen LogP contribution in [0.25, 0.3) is 0 Å². The molecule has 128 valence electrons. The molecule has 0 saturated carbocycles. The molecule has 2 atom stereocenters. The summed E-state index contributed by atoms with van der Waals surface area (Å²) in [6.07, 6.45) is 0.962. The largest absolute Gasteiger partial charge is 0.354 e. The Hall–Kier alpha value is -2.09. The number of ether oxygens (including phenoxy) is 1. The summed E-state index contributed by atoms with van der Waals surface area (Å²) in [7, 11) is 0. The third-order valence-corrected chi connectivity index (χ3v) is 4.95. The van der Waals surface area contributed by atoms with Crippen LogP contribution in [0.1, 0.15) is 17.2 Å². The van der Waals surface area contributed by atoms with Gasteiger partial charge in [0.15, 0.2) is 4.77 Å². The molecular weight excluding hydrogens is 368 g/mol. The van der Waals surface area contributed by atoms with Gasteiger partial charge in [0.05, 0.1) is 6.54 Å². The van der Waals surface area contributed by atoms with Gasteiger partial charge in [-0.15, -0.1) is 0 Å². The highest BCUT2D eigenvalue weighted by molar-refractivity contribution is 7.71. The standard InChI is InChI=1S/C17H12ClF2N3OS/c18-13-4-2-1-3-11(13)15-17(24-15,8-23-16(25)21-9-22-23)12-6-5-10(19)7-14(12)20/h1-7,9,15H,8H2,(H,21,22,25). The summed E-state index contributed by atoms with van der Waals surface area (Å²) in [6, 6.07) is 10.6. The van der Waals surface area contributed by atoms with E-state index in [1.54, 1.807) is 12.1 Å². The van der Waals surface area contributed by atoms with E-state index in [0.717, 1.165) is 11.6 Å². The quantitative estimate of drug-likeness (QED) is 0.534. The summed E-state index contributed by atoms with van der Waals surface area (Å²) in [6.45, 7) is 0.174. The summed E-state index contributed by atoms with van der Waals surface area (Å²) in [5.41, 5.74) is -0.0883. The van der Waals surface area contributed by atoms with Crippen LogP contribution in [0.4, 0.5) is 8.78 Å². The highest BCUT2D eigenvalue weighted by Gasteiger charge is 2.60. The minimum atomic E-state index is -1.06. The first-order valence-corrected chi connectivity index (χ1v) is 8.28. The normalized spacial score (nSPS) is 22.1. The number of hydrogen-bond acceptors (Lipinski definition) is 3. The maximum Gasteiger partial charge on any atom is 0.195 e. The summed E-state index contributed by atoms with van der Waals surface area (Å²) < 4.78 is 35.7. The molecule has 0 radical (unpaired) electrons. The van der Waals surface area contributed by atoms with Gasteiger partial charge in [0.1, 0.15) is 29.7 Å². The Kier molecular flexibility index (Phi) is 3.94. The van der Waals surface area contributed by atoms with Gasteiger partial charge in [0, 0.05) is 22.2 Å². The fraction of sp³-hybridized carbons (Fsp3) is 0.176. The molecule has 25 heavy (non-hydrogen) atoms. The lowest BCUT2D eigenvalue weighted by Crippen LogP contribution is -2.21. The fourth-order valence-electron chi connectivity index (χ4n) is 3.04. The van der Waals surface area contributed by atoms with Crippen molar-refractivity contribution in [1.29, 1.82) is 0 Å². The van der Waals surface area contributed by atoms with E-state index >= 15 is 0 Å². The SMILES string of the molecule is Fc1ccc(C2(Cn3nc[nH]c3=S)OC2c2ccccc2Cl)c(F)c1. The Morgan fingerprint density at radius 3 is 2.76 bits per heavy atom. The summed E-state index contributed by atoms with van der Waals surface area (Å²) >= 11 is 11.4. The van der Waals surface area contributed by atoms with E-state index in [9.17, 15) is 8.78 Å². The van der Waals surface area contributed by atoms with Crippen LogP contribution in [-0.4, -0.2) is 14.8 Å². The Morgan fingerprint density at radius 1 is 1.28 bits per heavy atom. The third kappa shape index (κ3) is 2.78. The number of H-pyrrole nitrogens is 1. The molecule has 0 aliphatic carbocycles. The lowest BCUT2D eigenvalue weighted by molar-refractivity contribution is 0.255. The van der Waals surface area contributed by atoms with Crippen LogP contribution in [0.15, 0.2) is 48.8 Å². The van der Waals surface area contributed by atoms with Crippen molar-refractivity contribution in [3.05, 3.63) is 81.3 Å². The zero-order valence-electron chi connectivity index (χ0n) is 12.7. The number of epoxide rings is 1. The van der Waals surface area contributed by atoms with Crippen LogP contribution < -0.4 is 0 Å². The monoisotopic (exact) mass is 379 g/mol. The molecule has 0 bridgehead atoms. The second kappa shape index (κ2) is 6.01. The van der Waals surface area contributed by atoms with Gasteiger partial charge in [0.2, 0.25) is 0 Å². The van der Waals surface area contributed by atoms with E-state index < -0.39 is 23.3 Å². The van der Waals surface area contributed by atoms with Crippen molar-refractivity contribution in [2.75, 3.05) is 0 Å². The van der Waals surface area contributed by atoms with Gasteiger partial charge in [-0.3, -0.25) is 0 Å². The van der Waals surface area contributed by atoms with Gasteiger partial charge in [-0.25, -0.2) is 13.5 Å². The topological polar surface area (TPSA) is 46.1 Å². The highest BCUT2D eigenvalue weighted by atomic mass is 35.5. The predicted molar refractivity (Wildman–Crippen MR) is 90.7 cm³/mol. The maximum absolute atomic E-state index is 14.5. The van der Waals surface area contributed by atoms with Gasteiger partial charge in [-0.2, -0.15) is 5.10 Å². The first-order chi connectivity index (χ1) is 12.0. The molecule has 0 amide bonds. The van der Waals surface area contributed by atoms with Crippen molar-refractivity contribution in [2.24, 2.45) is 0 Å². The summed E-state index contributed by atoms with van der Waals surface area (Å²) in [5.74, 6) is -1.33. The van der Waals surface area contributed by atoms with Crippen LogP contribution in [-0.2, 0) is 16.9 Å². The van der Waals surface area contributed by atoms with Gasteiger partial charge in [0.25, 0.3) is 0 Å². The zero-order valence-corrected chi connectivity index (χ0v) is 14.3. The van der Waals surface area contributed by atoms with Crippen LogP contribution in [0.5, 0.6) is 0 Å². The van der Waals surface area contributed by atoms with E-state index in [4.69, 9.17) is 28.6 Å². The molecule has 4 nitrogen and oxygen atoms in total. The number of rotatable bonds is 4. The molecule has 1 fully saturated rings. The Bertz CT molecular complexity index is 1010.